The zero-order valence-electron chi connectivity index (χ0n) is 17.8. The Morgan fingerprint density at radius 3 is 2.81 bits per heavy atom. The first kappa shape index (κ1) is 22.3. The maximum absolute atomic E-state index is 13.6. The topological polar surface area (TPSA) is 107 Å². The van der Waals surface area contributed by atoms with Crippen molar-refractivity contribution in [1.29, 1.82) is 0 Å². The van der Waals surface area contributed by atoms with Crippen molar-refractivity contribution in [3.8, 4) is 0 Å². The fraction of sp³-hybridized carbons (Fsp3) is 0.261. The Bertz CT molecular complexity index is 1370. The molecule has 0 spiro atoms. The molecule has 32 heavy (non-hydrogen) atoms. The molecule has 0 fully saturated rings. The summed E-state index contributed by atoms with van der Waals surface area (Å²) in [7, 11) is -3.71. The van der Waals surface area contributed by atoms with E-state index in [0.29, 0.717) is 17.5 Å². The number of nitrogens with zero attached hydrogens (tertiary/aromatic N) is 1. The third-order valence-corrected chi connectivity index (χ3v) is 7.01. The predicted octanol–water partition coefficient (Wildman–Crippen LogP) is 3.02. The summed E-state index contributed by atoms with van der Waals surface area (Å²) in [6, 6.07) is 10.6. The maximum atomic E-state index is 13.6. The van der Waals surface area contributed by atoms with Crippen molar-refractivity contribution < 1.29 is 17.9 Å². The predicted molar refractivity (Wildman–Crippen MR) is 122 cm³/mol. The van der Waals surface area contributed by atoms with Gasteiger partial charge in [0.2, 0.25) is 10.0 Å². The number of aromatic amines is 1. The summed E-state index contributed by atoms with van der Waals surface area (Å²) in [4.78, 5) is 7.24. The third kappa shape index (κ3) is 4.66. The summed E-state index contributed by atoms with van der Waals surface area (Å²) in [5, 5.41) is 16.3. The zero-order chi connectivity index (χ0) is 22.9. The molecule has 0 aliphatic rings. The Balaban J connectivity index is 1.39. The minimum atomic E-state index is -3.71. The quantitative estimate of drug-likeness (QED) is 0.326. The van der Waals surface area contributed by atoms with Gasteiger partial charge in [0.1, 0.15) is 11.4 Å². The van der Waals surface area contributed by atoms with Gasteiger partial charge in [0, 0.05) is 59.6 Å². The molecule has 1 unspecified atom stereocenters. The number of H-pyrrole nitrogens is 1. The van der Waals surface area contributed by atoms with E-state index in [1.807, 2.05) is 0 Å². The molecule has 2 aromatic heterocycles. The molecule has 0 saturated carbocycles. The number of aliphatic hydroxyl groups is 1. The maximum Gasteiger partial charge on any atom is 0.240 e. The van der Waals surface area contributed by atoms with E-state index >= 15 is 0 Å². The molecule has 0 aliphatic carbocycles. The number of hydrogen-bond acceptors (Lipinski definition) is 5. The number of sulfonamides is 1. The second kappa shape index (κ2) is 8.59. The zero-order valence-corrected chi connectivity index (χ0v) is 18.6. The van der Waals surface area contributed by atoms with E-state index in [1.165, 1.54) is 12.1 Å². The van der Waals surface area contributed by atoms with Crippen LogP contribution in [-0.2, 0) is 15.6 Å². The molecule has 2 aromatic carbocycles. The van der Waals surface area contributed by atoms with Gasteiger partial charge in [0.25, 0.3) is 0 Å². The summed E-state index contributed by atoms with van der Waals surface area (Å²) in [5.41, 5.74) is 0.0177. The number of aromatic nitrogens is 2. The van der Waals surface area contributed by atoms with Crippen LogP contribution < -0.4 is 10.0 Å². The minimum Gasteiger partial charge on any atom is -0.384 e. The molecule has 4 aromatic rings. The van der Waals surface area contributed by atoms with Crippen LogP contribution in [0.25, 0.3) is 21.7 Å². The lowest BCUT2D eigenvalue weighted by atomic mass is 9.95. The standard InChI is InChI=1S/C23H25FN4O3S/c1-15(28-32(30,31)19-5-3-17-12-25-8-7-16(17)9-19)11-26-14-23(2,29)21-13-27-22-6-4-18(24)10-20(21)22/h3-10,12-13,15,26-29H,11,14H2,1-2H3/t15-,23?/m1/s1. The molecule has 2 heterocycles. The van der Waals surface area contributed by atoms with Crippen molar-refractivity contribution in [2.45, 2.75) is 30.4 Å². The van der Waals surface area contributed by atoms with Crippen LogP contribution in [0.15, 0.2) is 66.0 Å². The van der Waals surface area contributed by atoms with Crippen LogP contribution in [0.4, 0.5) is 4.39 Å². The van der Waals surface area contributed by atoms with Gasteiger partial charge in [-0.05, 0) is 55.6 Å². The lowest BCUT2D eigenvalue weighted by Gasteiger charge is -2.25. The van der Waals surface area contributed by atoms with E-state index in [9.17, 15) is 17.9 Å². The summed E-state index contributed by atoms with van der Waals surface area (Å²) >= 11 is 0. The summed E-state index contributed by atoms with van der Waals surface area (Å²) in [6.45, 7) is 3.83. The van der Waals surface area contributed by atoms with Gasteiger partial charge < -0.3 is 15.4 Å². The first-order valence-corrected chi connectivity index (χ1v) is 11.7. The Kier molecular flexibility index (Phi) is 6.00. The number of nitrogens with one attached hydrogen (secondary N) is 3. The van der Waals surface area contributed by atoms with E-state index < -0.39 is 21.7 Å². The van der Waals surface area contributed by atoms with Crippen LogP contribution >= 0.6 is 0 Å². The van der Waals surface area contributed by atoms with Crippen molar-refractivity contribution in [1.82, 2.24) is 20.0 Å². The fourth-order valence-electron chi connectivity index (χ4n) is 3.77. The van der Waals surface area contributed by atoms with Crippen LogP contribution in [0.3, 0.4) is 0 Å². The van der Waals surface area contributed by atoms with E-state index in [1.54, 1.807) is 62.8 Å². The van der Waals surface area contributed by atoms with Crippen LogP contribution in [0, 0.1) is 5.82 Å². The first-order chi connectivity index (χ1) is 15.2. The molecular weight excluding hydrogens is 431 g/mol. The number of rotatable bonds is 8. The highest BCUT2D eigenvalue weighted by Crippen LogP contribution is 2.29. The molecule has 0 bridgehead atoms. The highest BCUT2D eigenvalue weighted by molar-refractivity contribution is 7.89. The van der Waals surface area contributed by atoms with E-state index in [4.69, 9.17) is 0 Å². The second-order valence-corrected chi connectivity index (χ2v) is 9.92. The van der Waals surface area contributed by atoms with Gasteiger partial charge >= 0.3 is 0 Å². The van der Waals surface area contributed by atoms with Crippen LogP contribution in [-0.4, -0.2) is 42.6 Å². The Labute approximate surface area is 185 Å². The Hall–Kier alpha value is -2.85. The van der Waals surface area contributed by atoms with Crippen molar-refractivity contribution in [3.05, 3.63) is 72.4 Å². The lowest BCUT2D eigenvalue weighted by Crippen LogP contribution is -2.44. The normalized spacial score (nSPS) is 15.1. The number of pyridine rings is 1. The monoisotopic (exact) mass is 456 g/mol. The first-order valence-electron chi connectivity index (χ1n) is 10.2. The largest absolute Gasteiger partial charge is 0.384 e. The highest BCUT2D eigenvalue weighted by atomic mass is 32.2. The molecular formula is C23H25FN4O3S. The van der Waals surface area contributed by atoms with Crippen molar-refractivity contribution in [2.75, 3.05) is 13.1 Å². The Morgan fingerprint density at radius 2 is 2.00 bits per heavy atom. The van der Waals surface area contributed by atoms with Crippen LogP contribution in [0.1, 0.15) is 19.4 Å². The number of hydrogen-bond donors (Lipinski definition) is 4. The highest BCUT2D eigenvalue weighted by Gasteiger charge is 2.27. The molecule has 4 N–H and O–H groups in total. The van der Waals surface area contributed by atoms with E-state index in [-0.39, 0.29) is 17.3 Å². The van der Waals surface area contributed by atoms with Gasteiger partial charge in [-0.3, -0.25) is 4.98 Å². The molecule has 168 valence electrons. The molecule has 0 radical (unpaired) electrons. The molecule has 9 heteroatoms. The van der Waals surface area contributed by atoms with Gasteiger partial charge in [-0.25, -0.2) is 17.5 Å². The number of fused-ring (bicyclic) bond motifs is 2. The average Bonchev–Trinajstić information content (AvgIpc) is 3.17. The van der Waals surface area contributed by atoms with E-state index in [2.05, 4.69) is 20.0 Å². The Morgan fingerprint density at radius 1 is 1.19 bits per heavy atom. The summed E-state index contributed by atoms with van der Waals surface area (Å²) in [6.07, 6.45) is 4.96. The molecule has 2 atom stereocenters. The van der Waals surface area contributed by atoms with Crippen LogP contribution in [0.2, 0.25) is 0 Å². The molecule has 0 aliphatic heterocycles. The van der Waals surface area contributed by atoms with Gasteiger partial charge in [0.05, 0.1) is 4.90 Å². The van der Waals surface area contributed by atoms with Gasteiger partial charge in [-0.15, -0.1) is 0 Å². The van der Waals surface area contributed by atoms with E-state index in [0.717, 1.165) is 16.3 Å². The SMILES string of the molecule is C[C@H](CNCC(C)(O)c1c[nH]c2ccc(F)cc12)NS(=O)(=O)c1ccc2cnccc2c1. The minimum absolute atomic E-state index is 0.158. The lowest BCUT2D eigenvalue weighted by molar-refractivity contribution is 0.0583. The molecule has 0 saturated heterocycles. The average molecular weight is 457 g/mol. The van der Waals surface area contributed by atoms with Gasteiger partial charge in [-0.2, -0.15) is 0 Å². The van der Waals surface area contributed by atoms with Gasteiger partial charge in [-0.1, -0.05) is 6.07 Å². The van der Waals surface area contributed by atoms with Crippen molar-refractivity contribution in [2.24, 2.45) is 0 Å². The van der Waals surface area contributed by atoms with Crippen LogP contribution in [0.5, 0.6) is 0 Å². The fourth-order valence-corrected chi connectivity index (χ4v) is 5.05. The smallest absolute Gasteiger partial charge is 0.240 e. The molecule has 7 nitrogen and oxygen atoms in total. The summed E-state index contributed by atoms with van der Waals surface area (Å²) in [5.74, 6) is -0.380. The molecule has 4 rings (SSSR count). The van der Waals surface area contributed by atoms with Gasteiger partial charge in [0.15, 0.2) is 0 Å². The number of benzene rings is 2. The second-order valence-electron chi connectivity index (χ2n) is 8.20. The van der Waals surface area contributed by atoms with Crippen molar-refractivity contribution in [3.63, 3.8) is 0 Å². The third-order valence-electron chi connectivity index (χ3n) is 5.42. The number of halogens is 1. The molecule has 0 amide bonds. The summed E-state index contributed by atoms with van der Waals surface area (Å²) < 4.78 is 41.8. The van der Waals surface area contributed by atoms with Crippen molar-refractivity contribution >= 4 is 31.7 Å².